The normalized spacial score (nSPS) is 11.9. The number of ether oxygens (including phenoxy) is 1. The average Bonchev–Trinajstić information content (AvgIpc) is 3.34. The zero-order valence-corrected chi connectivity index (χ0v) is 21.4. The molecular weight excluding hydrogens is 548 g/mol. The average molecular weight is 566 g/mol. The van der Waals surface area contributed by atoms with Crippen molar-refractivity contribution < 1.29 is 31.1 Å². The predicted octanol–water partition coefficient (Wildman–Crippen LogP) is 9.78. The predicted molar refractivity (Wildman–Crippen MR) is 144 cm³/mol. The monoisotopic (exact) mass is 565 g/mol. The Balaban J connectivity index is 1.26. The quantitative estimate of drug-likeness (QED) is 0.153. The minimum absolute atomic E-state index is 0.290. The van der Waals surface area contributed by atoms with Gasteiger partial charge in [0.05, 0.1) is 15.8 Å². The van der Waals surface area contributed by atoms with E-state index in [0.29, 0.717) is 23.6 Å². The number of aromatic nitrogens is 1. The van der Waals surface area contributed by atoms with E-state index >= 15 is 8.78 Å². The highest BCUT2D eigenvalue weighted by Gasteiger charge is 2.35. The van der Waals surface area contributed by atoms with Crippen LogP contribution in [-0.2, 0) is 6.11 Å². The summed E-state index contributed by atoms with van der Waals surface area (Å²) in [6, 6.07) is 19.4. The molecule has 200 valence electrons. The number of thiazole rings is 1. The van der Waals surface area contributed by atoms with Gasteiger partial charge in [-0.3, -0.25) is 0 Å². The minimum atomic E-state index is -3.82. The van der Waals surface area contributed by atoms with Crippen LogP contribution >= 0.6 is 11.3 Å². The van der Waals surface area contributed by atoms with E-state index in [0.717, 1.165) is 43.9 Å². The summed E-state index contributed by atoms with van der Waals surface area (Å²) < 4.78 is 91.1. The van der Waals surface area contributed by atoms with Gasteiger partial charge in [0.15, 0.2) is 17.5 Å². The third kappa shape index (κ3) is 4.77. The maximum Gasteiger partial charge on any atom is 0.426 e. The van der Waals surface area contributed by atoms with Crippen molar-refractivity contribution in [3.05, 3.63) is 119 Å². The van der Waals surface area contributed by atoms with Crippen molar-refractivity contribution in [1.82, 2.24) is 4.98 Å². The molecule has 9 heteroatoms. The van der Waals surface area contributed by atoms with Gasteiger partial charge in [0.1, 0.15) is 16.6 Å². The van der Waals surface area contributed by atoms with E-state index in [1.165, 1.54) is 12.1 Å². The fraction of sp³-hybridized carbons (Fsp3) is 0.0645. The van der Waals surface area contributed by atoms with Crippen molar-refractivity contribution in [3.8, 4) is 27.4 Å². The molecule has 5 aromatic carbocycles. The molecule has 40 heavy (non-hydrogen) atoms. The number of alkyl halides is 2. The first-order chi connectivity index (χ1) is 19.1. The summed E-state index contributed by atoms with van der Waals surface area (Å²) in [5.41, 5.74) is 1.84. The Morgan fingerprint density at radius 1 is 0.700 bits per heavy atom. The van der Waals surface area contributed by atoms with Gasteiger partial charge in [-0.2, -0.15) is 8.78 Å². The van der Waals surface area contributed by atoms with Crippen molar-refractivity contribution in [2.24, 2.45) is 0 Å². The van der Waals surface area contributed by atoms with Crippen LogP contribution in [0, 0.1) is 30.2 Å². The molecule has 0 radical (unpaired) electrons. The molecule has 0 amide bonds. The molecule has 0 aliphatic rings. The van der Waals surface area contributed by atoms with Crippen LogP contribution in [0.1, 0.15) is 11.1 Å². The zero-order chi connectivity index (χ0) is 28.2. The summed E-state index contributed by atoms with van der Waals surface area (Å²) >= 11 is 1.55. The van der Waals surface area contributed by atoms with Crippen LogP contribution in [0.3, 0.4) is 0 Å². The lowest BCUT2D eigenvalue weighted by atomic mass is 10.0. The molecule has 1 aromatic heterocycles. The molecule has 0 saturated carbocycles. The van der Waals surface area contributed by atoms with E-state index in [-0.39, 0.29) is 11.1 Å². The lowest BCUT2D eigenvalue weighted by molar-refractivity contribution is -0.185. The topological polar surface area (TPSA) is 22.1 Å². The van der Waals surface area contributed by atoms with Crippen molar-refractivity contribution >= 4 is 32.3 Å². The Bertz CT molecular complexity index is 1910. The van der Waals surface area contributed by atoms with Gasteiger partial charge in [-0.15, -0.1) is 11.3 Å². The number of hydrogen-bond donors (Lipinski definition) is 0. The largest absolute Gasteiger partial charge is 0.429 e. The molecule has 0 saturated heterocycles. The number of benzene rings is 5. The summed E-state index contributed by atoms with van der Waals surface area (Å²) in [5, 5.41) is 2.09. The molecule has 2 nitrogen and oxygen atoms in total. The second kappa shape index (κ2) is 9.67. The number of hydrogen-bond acceptors (Lipinski definition) is 3. The fourth-order valence-corrected chi connectivity index (χ4v) is 5.49. The van der Waals surface area contributed by atoms with E-state index < -0.39 is 40.7 Å². The van der Waals surface area contributed by atoms with Crippen LogP contribution in [0.2, 0.25) is 0 Å². The van der Waals surface area contributed by atoms with Crippen molar-refractivity contribution in [1.29, 1.82) is 0 Å². The summed E-state index contributed by atoms with van der Waals surface area (Å²) in [7, 11) is 0. The molecule has 0 aliphatic carbocycles. The molecule has 0 N–H and O–H groups in total. The Kier molecular flexibility index (Phi) is 6.26. The Labute approximate surface area is 228 Å². The number of nitrogens with zero attached hydrogens (tertiary/aromatic N) is 1. The molecule has 0 spiro atoms. The lowest BCUT2D eigenvalue weighted by Gasteiger charge is -2.19. The number of fused-ring (bicyclic) bond motifs is 2. The second-order valence-electron chi connectivity index (χ2n) is 9.28. The molecule has 0 unspecified atom stereocenters. The smallest absolute Gasteiger partial charge is 0.426 e. The van der Waals surface area contributed by atoms with Gasteiger partial charge < -0.3 is 4.74 Å². The van der Waals surface area contributed by atoms with Crippen LogP contribution in [0.5, 0.6) is 5.75 Å². The van der Waals surface area contributed by atoms with Gasteiger partial charge in [-0.05, 0) is 83.4 Å². The molecule has 6 rings (SSSR count). The number of aryl methyl sites for hydroxylation is 1. The van der Waals surface area contributed by atoms with Gasteiger partial charge in [-0.25, -0.2) is 22.5 Å². The third-order valence-electron chi connectivity index (χ3n) is 6.45. The molecule has 0 bridgehead atoms. The maximum atomic E-state index is 15.1. The highest BCUT2D eigenvalue weighted by atomic mass is 32.1. The van der Waals surface area contributed by atoms with E-state index in [1.54, 1.807) is 23.5 Å². The standard InChI is InChI=1S/C31H17F6NOS/c1-16-2-9-27-28(10-16)40-30(38-27)19-4-3-18-12-21(6-5-17(18)11-19)31(36,37)39-22-7-8-23(24(32)15-22)20-13-25(33)29(35)26(34)14-20/h2-15H,1H3. The van der Waals surface area contributed by atoms with Gasteiger partial charge in [0.2, 0.25) is 0 Å². The van der Waals surface area contributed by atoms with E-state index in [4.69, 9.17) is 4.74 Å². The molecule has 1 heterocycles. The third-order valence-corrected chi connectivity index (χ3v) is 7.52. The lowest BCUT2D eigenvalue weighted by Crippen LogP contribution is -2.21. The van der Waals surface area contributed by atoms with Crippen LogP contribution < -0.4 is 4.74 Å². The van der Waals surface area contributed by atoms with Gasteiger partial charge in [0.25, 0.3) is 0 Å². The summed E-state index contributed by atoms with van der Waals surface area (Å²) in [6.07, 6.45) is -3.82. The maximum absolute atomic E-state index is 15.1. The fourth-order valence-electron chi connectivity index (χ4n) is 4.43. The van der Waals surface area contributed by atoms with Crippen molar-refractivity contribution in [2.75, 3.05) is 0 Å². The van der Waals surface area contributed by atoms with Crippen molar-refractivity contribution in [2.45, 2.75) is 13.0 Å². The Morgan fingerprint density at radius 2 is 1.43 bits per heavy atom. The van der Waals surface area contributed by atoms with Gasteiger partial charge in [0, 0.05) is 17.2 Å². The summed E-state index contributed by atoms with van der Waals surface area (Å²) in [5.74, 6) is -6.27. The first-order valence-electron chi connectivity index (χ1n) is 12.0. The number of rotatable bonds is 5. The van der Waals surface area contributed by atoms with Crippen LogP contribution in [0.15, 0.2) is 84.9 Å². The van der Waals surface area contributed by atoms with Crippen LogP contribution in [-0.4, -0.2) is 4.98 Å². The first kappa shape index (κ1) is 25.9. The highest BCUT2D eigenvalue weighted by molar-refractivity contribution is 7.21. The Morgan fingerprint density at radius 3 is 2.17 bits per heavy atom. The van der Waals surface area contributed by atoms with Crippen LogP contribution in [0.25, 0.3) is 42.7 Å². The molecular formula is C31H17F6NOS. The first-order valence-corrected chi connectivity index (χ1v) is 12.8. The van der Waals surface area contributed by atoms with E-state index in [9.17, 15) is 17.6 Å². The Hall–Kier alpha value is -4.37. The van der Waals surface area contributed by atoms with E-state index in [2.05, 4.69) is 11.1 Å². The number of halogens is 6. The molecule has 0 fully saturated rings. The van der Waals surface area contributed by atoms with Crippen molar-refractivity contribution in [3.63, 3.8) is 0 Å². The highest BCUT2D eigenvalue weighted by Crippen LogP contribution is 2.37. The molecule has 6 aromatic rings. The molecule has 0 atom stereocenters. The second-order valence-corrected chi connectivity index (χ2v) is 10.3. The van der Waals surface area contributed by atoms with Crippen LogP contribution in [0.4, 0.5) is 26.3 Å². The molecule has 0 aliphatic heterocycles. The summed E-state index contributed by atoms with van der Waals surface area (Å²) in [4.78, 5) is 4.67. The van der Waals surface area contributed by atoms with E-state index in [1.807, 2.05) is 31.2 Å². The SMILES string of the molecule is Cc1ccc2nc(-c3ccc4cc(C(F)(F)Oc5ccc(-c6cc(F)c(F)c(F)c6)c(F)c5)ccc4c3)sc2c1. The van der Waals surface area contributed by atoms with Gasteiger partial charge >= 0.3 is 6.11 Å². The zero-order valence-electron chi connectivity index (χ0n) is 20.6. The minimum Gasteiger partial charge on any atom is -0.429 e. The van der Waals surface area contributed by atoms with Gasteiger partial charge in [-0.1, -0.05) is 24.3 Å². The summed E-state index contributed by atoms with van der Waals surface area (Å²) in [6.45, 7) is 2.01.